The maximum Gasteiger partial charge on any atom is 0.133 e. The van der Waals surface area contributed by atoms with Gasteiger partial charge in [-0.05, 0) is 31.2 Å². The quantitative estimate of drug-likeness (QED) is 0.884. The Bertz CT molecular complexity index is 543. The van der Waals surface area contributed by atoms with Gasteiger partial charge in [-0.2, -0.15) is 0 Å². The van der Waals surface area contributed by atoms with E-state index in [9.17, 15) is 0 Å². The lowest BCUT2D eigenvalue weighted by Gasteiger charge is -2.31. The minimum Gasteiger partial charge on any atom is -0.361 e. The molecule has 0 aliphatic heterocycles. The molecule has 3 heteroatoms. The molecule has 3 rings (SSSR count). The predicted molar refractivity (Wildman–Crippen MR) is 83.8 cm³/mol. The van der Waals surface area contributed by atoms with E-state index in [0.29, 0.717) is 6.04 Å². The molecule has 0 amide bonds. The summed E-state index contributed by atoms with van der Waals surface area (Å²) in [7, 11) is 0. The third-order valence-corrected chi connectivity index (χ3v) is 4.46. The molecule has 1 N–H and O–H groups in total. The average Bonchev–Trinajstić information content (AvgIpc) is 2.95. The van der Waals surface area contributed by atoms with Crippen LogP contribution < -0.4 is 5.32 Å². The van der Waals surface area contributed by atoms with Gasteiger partial charge in [0.15, 0.2) is 0 Å². The van der Waals surface area contributed by atoms with E-state index in [0.717, 1.165) is 23.9 Å². The third-order valence-electron chi connectivity index (χ3n) is 4.46. The molecule has 0 saturated heterocycles. The van der Waals surface area contributed by atoms with Crippen LogP contribution in [0, 0.1) is 12.8 Å². The lowest BCUT2D eigenvalue weighted by Crippen LogP contribution is -2.29. The summed E-state index contributed by atoms with van der Waals surface area (Å²) in [5.74, 6) is 1.61. The van der Waals surface area contributed by atoms with Crippen LogP contribution in [0.3, 0.4) is 0 Å². The second kappa shape index (κ2) is 6.90. The Balaban J connectivity index is 1.72. The molecule has 0 radical (unpaired) electrons. The number of nitrogens with zero attached hydrogens (tertiary/aromatic N) is 1. The van der Waals surface area contributed by atoms with E-state index < -0.39 is 0 Å². The van der Waals surface area contributed by atoms with Gasteiger partial charge < -0.3 is 9.84 Å². The van der Waals surface area contributed by atoms with Crippen LogP contribution in [0.15, 0.2) is 40.9 Å². The van der Waals surface area contributed by atoms with E-state index in [2.05, 4.69) is 40.8 Å². The molecule has 1 fully saturated rings. The van der Waals surface area contributed by atoms with Gasteiger partial charge in [-0.3, -0.25) is 0 Å². The van der Waals surface area contributed by atoms with Gasteiger partial charge in [0, 0.05) is 18.7 Å². The zero-order valence-corrected chi connectivity index (χ0v) is 12.7. The Morgan fingerprint density at radius 2 is 1.95 bits per heavy atom. The van der Waals surface area contributed by atoms with Crippen LogP contribution in [0.4, 0.5) is 0 Å². The third kappa shape index (κ3) is 3.73. The van der Waals surface area contributed by atoms with Crippen LogP contribution in [0.1, 0.15) is 55.2 Å². The summed E-state index contributed by atoms with van der Waals surface area (Å²) < 4.78 is 5.16. The summed E-state index contributed by atoms with van der Waals surface area (Å²) in [4.78, 5) is 0. The standard InChI is InChI=1S/C18H24N2O/c1-14-12-17(20-21-14)13-19-18(15-8-4-2-5-9-15)16-10-6-3-7-11-16/h2,4-5,8-9,12,16,18-19H,3,6-7,10-11,13H2,1H3. The number of aromatic nitrogens is 1. The first-order valence-corrected chi connectivity index (χ1v) is 8.03. The minimum absolute atomic E-state index is 0.420. The van der Waals surface area contributed by atoms with E-state index in [1.165, 1.54) is 37.7 Å². The number of benzene rings is 1. The molecular weight excluding hydrogens is 260 g/mol. The molecule has 1 unspecified atom stereocenters. The summed E-state index contributed by atoms with van der Waals surface area (Å²) in [6, 6.07) is 13.3. The highest BCUT2D eigenvalue weighted by molar-refractivity contribution is 5.20. The number of rotatable bonds is 5. The summed E-state index contributed by atoms with van der Waals surface area (Å²) >= 11 is 0. The second-order valence-corrected chi connectivity index (χ2v) is 6.10. The molecule has 0 spiro atoms. The van der Waals surface area contributed by atoms with Crippen molar-refractivity contribution in [2.75, 3.05) is 0 Å². The molecule has 1 aromatic carbocycles. The Labute approximate surface area is 126 Å². The van der Waals surface area contributed by atoms with Crippen molar-refractivity contribution in [2.45, 2.75) is 51.6 Å². The lowest BCUT2D eigenvalue weighted by atomic mass is 9.81. The van der Waals surface area contributed by atoms with Gasteiger partial charge in [-0.1, -0.05) is 54.8 Å². The first-order valence-electron chi connectivity index (χ1n) is 8.03. The van der Waals surface area contributed by atoms with Crippen LogP contribution in [0.25, 0.3) is 0 Å². The lowest BCUT2D eigenvalue weighted by molar-refractivity contribution is 0.268. The highest BCUT2D eigenvalue weighted by atomic mass is 16.5. The maximum absolute atomic E-state index is 5.16. The van der Waals surface area contributed by atoms with E-state index in [1.807, 2.05) is 13.0 Å². The van der Waals surface area contributed by atoms with Gasteiger partial charge >= 0.3 is 0 Å². The topological polar surface area (TPSA) is 38.1 Å². The molecular formula is C18H24N2O. The van der Waals surface area contributed by atoms with E-state index in [-0.39, 0.29) is 0 Å². The van der Waals surface area contributed by atoms with Crippen LogP contribution in [-0.2, 0) is 6.54 Å². The molecule has 1 aliphatic rings. The minimum atomic E-state index is 0.420. The molecule has 1 saturated carbocycles. The molecule has 3 nitrogen and oxygen atoms in total. The van der Waals surface area contributed by atoms with Crippen LogP contribution in [0.2, 0.25) is 0 Å². The normalized spacial score (nSPS) is 17.8. The van der Waals surface area contributed by atoms with Crippen molar-refractivity contribution >= 4 is 0 Å². The molecule has 1 heterocycles. The van der Waals surface area contributed by atoms with Crippen molar-refractivity contribution in [2.24, 2.45) is 5.92 Å². The number of nitrogens with one attached hydrogen (secondary N) is 1. The second-order valence-electron chi connectivity index (χ2n) is 6.10. The highest BCUT2D eigenvalue weighted by Crippen LogP contribution is 2.34. The maximum atomic E-state index is 5.16. The van der Waals surface area contributed by atoms with Crippen molar-refractivity contribution in [3.8, 4) is 0 Å². The average molecular weight is 284 g/mol. The Morgan fingerprint density at radius 1 is 1.19 bits per heavy atom. The first-order chi connectivity index (χ1) is 10.3. The summed E-state index contributed by atoms with van der Waals surface area (Å²) in [6.07, 6.45) is 6.76. The van der Waals surface area contributed by atoms with Gasteiger partial charge in [-0.25, -0.2) is 0 Å². The SMILES string of the molecule is Cc1cc(CNC(c2ccccc2)C2CCCCC2)no1. The van der Waals surface area contributed by atoms with Crippen LogP contribution in [0.5, 0.6) is 0 Å². The number of aryl methyl sites for hydroxylation is 1. The van der Waals surface area contributed by atoms with E-state index >= 15 is 0 Å². The molecule has 1 atom stereocenters. The molecule has 1 aliphatic carbocycles. The predicted octanol–water partition coefficient (Wildman–Crippen LogP) is 4.39. The Kier molecular flexibility index (Phi) is 4.71. The molecule has 21 heavy (non-hydrogen) atoms. The highest BCUT2D eigenvalue weighted by Gasteiger charge is 2.24. The van der Waals surface area contributed by atoms with E-state index in [4.69, 9.17) is 4.52 Å². The fourth-order valence-electron chi connectivity index (χ4n) is 3.40. The van der Waals surface area contributed by atoms with Gasteiger partial charge in [0.25, 0.3) is 0 Å². The molecule has 2 aromatic rings. The summed E-state index contributed by atoms with van der Waals surface area (Å²) in [6.45, 7) is 2.71. The molecule has 0 bridgehead atoms. The van der Waals surface area contributed by atoms with Gasteiger partial charge in [0.2, 0.25) is 0 Å². The van der Waals surface area contributed by atoms with Gasteiger partial charge in [-0.15, -0.1) is 0 Å². The van der Waals surface area contributed by atoms with Crippen molar-refractivity contribution in [1.82, 2.24) is 10.5 Å². The Hall–Kier alpha value is -1.61. The smallest absolute Gasteiger partial charge is 0.133 e. The summed E-state index contributed by atoms with van der Waals surface area (Å²) in [5.41, 5.74) is 2.38. The number of hydrogen-bond donors (Lipinski definition) is 1. The van der Waals surface area contributed by atoms with E-state index in [1.54, 1.807) is 0 Å². The van der Waals surface area contributed by atoms with Crippen LogP contribution >= 0.6 is 0 Å². The monoisotopic (exact) mass is 284 g/mol. The van der Waals surface area contributed by atoms with Gasteiger partial charge in [0.05, 0.1) is 5.69 Å². The zero-order chi connectivity index (χ0) is 14.5. The van der Waals surface area contributed by atoms with Crippen LogP contribution in [-0.4, -0.2) is 5.16 Å². The zero-order valence-electron chi connectivity index (χ0n) is 12.7. The van der Waals surface area contributed by atoms with Crippen molar-refractivity contribution in [3.05, 3.63) is 53.4 Å². The number of hydrogen-bond acceptors (Lipinski definition) is 3. The Morgan fingerprint density at radius 3 is 2.62 bits per heavy atom. The van der Waals surface area contributed by atoms with Gasteiger partial charge in [0.1, 0.15) is 5.76 Å². The molecule has 112 valence electrons. The largest absolute Gasteiger partial charge is 0.361 e. The summed E-state index contributed by atoms with van der Waals surface area (Å²) in [5, 5.41) is 7.80. The van der Waals surface area contributed by atoms with Crippen molar-refractivity contribution < 1.29 is 4.52 Å². The van der Waals surface area contributed by atoms with Crippen molar-refractivity contribution in [3.63, 3.8) is 0 Å². The van der Waals surface area contributed by atoms with Crippen molar-refractivity contribution in [1.29, 1.82) is 0 Å². The fourth-order valence-corrected chi connectivity index (χ4v) is 3.40. The molecule has 1 aromatic heterocycles. The fraction of sp³-hybridized carbons (Fsp3) is 0.500. The first kappa shape index (κ1) is 14.3.